The van der Waals surface area contributed by atoms with Crippen LogP contribution in [0.3, 0.4) is 0 Å². The van der Waals surface area contributed by atoms with E-state index in [9.17, 15) is 0 Å². The summed E-state index contributed by atoms with van der Waals surface area (Å²) in [7, 11) is 0. The standard InChI is InChI=1S/C20H23N5O/c1-5-6-14(2)19-23-17-11-16(15(3)12-21-4)13-22-18(17)20(24-19)25-7-9-26-10-8-25/h5-6,11-13H,2,4,7-10H2,1,3H3. The SMILES string of the molecule is C=NC=C(C)c1cnc2c(N3CCOCC3)nc(C(=C)C=CC)nc2c1. The molecule has 0 amide bonds. The molecule has 0 bridgehead atoms. The molecule has 0 saturated carbocycles. The van der Waals surface area contributed by atoms with Gasteiger partial charge in [0.15, 0.2) is 11.6 Å². The summed E-state index contributed by atoms with van der Waals surface area (Å²) >= 11 is 0. The van der Waals surface area contributed by atoms with Gasteiger partial charge in [0.05, 0.1) is 18.7 Å². The molecule has 1 saturated heterocycles. The van der Waals surface area contributed by atoms with Gasteiger partial charge in [-0.15, -0.1) is 0 Å². The Hall–Kier alpha value is -2.86. The monoisotopic (exact) mass is 349 g/mol. The maximum Gasteiger partial charge on any atom is 0.161 e. The summed E-state index contributed by atoms with van der Waals surface area (Å²) in [6, 6.07) is 2.01. The van der Waals surface area contributed by atoms with Crippen LogP contribution in [0.15, 0.2) is 42.2 Å². The van der Waals surface area contributed by atoms with Crippen LogP contribution in [-0.4, -0.2) is 48.0 Å². The third-order valence-corrected chi connectivity index (χ3v) is 4.22. The molecule has 0 N–H and O–H groups in total. The van der Waals surface area contributed by atoms with Crippen LogP contribution in [0.5, 0.6) is 0 Å². The van der Waals surface area contributed by atoms with Crippen LogP contribution in [0.2, 0.25) is 0 Å². The van der Waals surface area contributed by atoms with Gasteiger partial charge in [0, 0.05) is 31.1 Å². The lowest BCUT2D eigenvalue weighted by atomic mass is 10.1. The Labute approximate surface area is 153 Å². The van der Waals surface area contributed by atoms with Crippen molar-refractivity contribution in [3.63, 3.8) is 0 Å². The van der Waals surface area contributed by atoms with Gasteiger partial charge in [-0.1, -0.05) is 18.7 Å². The van der Waals surface area contributed by atoms with E-state index in [0.717, 1.165) is 46.7 Å². The molecule has 2 aromatic heterocycles. The molecule has 1 aliphatic rings. The van der Waals surface area contributed by atoms with Crippen molar-refractivity contribution >= 4 is 34.7 Å². The third kappa shape index (κ3) is 3.70. The molecule has 1 aliphatic heterocycles. The average Bonchev–Trinajstić information content (AvgIpc) is 2.67. The molecular formula is C20H23N5O. The van der Waals surface area contributed by atoms with Gasteiger partial charge >= 0.3 is 0 Å². The Kier molecular flexibility index (Phi) is 5.53. The van der Waals surface area contributed by atoms with Gasteiger partial charge in [-0.05, 0) is 37.8 Å². The number of hydrogen-bond donors (Lipinski definition) is 0. The van der Waals surface area contributed by atoms with Gasteiger partial charge in [-0.3, -0.25) is 9.98 Å². The predicted octanol–water partition coefficient (Wildman–Crippen LogP) is 3.51. The highest BCUT2D eigenvalue weighted by molar-refractivity contribution is 5.89. The van der Waals surface area contributed by atoms with Crippen LogP contribution < -0.4 is 4.90 Å². The summed E-state index contributed by atoms with van der Waals surface area (Å²) in [4.78, 5) is 20.1. The summed E-state index contributed by atoms with van der Waals surface area (Å²) in [6.45, 7) is 14.4. The van der Waals surface area contributed by atoms with Crippen LogP contribution in [0, 0.1) is 0 Å². The maximum atomic E-state index is 5.47. The molecule has 0 aliphatic carbocycles. The van der Waals surface area contributed by atoms with E-state index < -0.39 is 0 Å². The van der Waals surface area contributed by atoms with Crippen LogP contribution in [-0.2, 0) is 4.74 Å². The fourth-order valence-electron chi connectivity index (χ4n) is 2.85. The largest absolute Gasteiger partial charge is 0.378 e. The second kappa shape index (κ2) is 8.01. The van der Waals surface area contributed by atoms with Crippen LogP contribution in [0.4, 0.5) is 5.82 Å². The summed E-state index contributed by atoms with van der Waals surface area (Å²) < 4.78 is 5.47. The maximum absolute atomic E-state index is 5.47. The first-order valence-corrected chi connectivity index (χ1v) is 8.59. The molecule has 0 aromatic carbocycles. The van der Waals surface area contributed by atoms with Crippen molar-refractivity contribution in [1.82, 2.24) is 15.0 Å². The van der Waals surface area contributed by atoms with Crippen molar-refractivity contribution < 1.29 is 4.74 Å². The lowest BCUT2D eigenvalue weighted by Crippen LogP contribution is -2.37. The number of allylic oxidation sites excluding steroid dienone is 4. The highest BCUT2D eigenvalue weighted by Crippen LogP contribution is 2.27. The van der Waals surface area contributed by atoms with Gasteiger partial charge in [0.25, 0.3) is 0 Å². The summed E-state index contributed by atoms with van der Waals surface area (Å²) in [6.07, 6.45) is 7.38. The van der Waals surface area contributed by atoms with Crippen molar-refractivity contribution in [3.8, 4) is 0 Å². The van der Waals surface area contributed by atoms with E-state index in [1.165, 1.54) is 0 Å². The molecule has 26 heavy (non-hydrogen) atoms. The number of fused-ring (bicyclic) bond motifs is 1. The molecule has 0 spiro atoms. The third-order valence-electron chi connectivity index (χ3n) is 4.22. The number of hydrogen-bond acceptors (Lipinski definition) is 6. The van der Waals surface area contributed by atoms with Crippen molar-refractivity contribution in [2.24, 2.45) is 4.99 Å². The number of pyridine rings is 1. The number of morpholine rings is 1. The molecule has 3 heterocycles. The predicted molar refractivity (Wildman–Crippen MR) is 107 cm³/mol. The van der Waals surface area contributed by atoms with Crippen molar-refractivity contribution in [1.29, 1.82) is 0 Å². The van der Waals surface area contributed by atoms with Gasteiger partial charge < -0.3 is 9.64 Å². The number of rotatable bonds is 5. The van der Waals surface area contributed by atoms with E-state index in [2.05, 4.69) is 28.2 Å². The van der Waals surface area contributed by atoms with Crippen molar-refractivity contribution in [2.75, 3.05) is 31.2 Å². The van der Waals surface area contributed by atoms with Crippen molar-refractivity contribution in [2.45, 2.75) is 13.8 Å². The zero-order chi connectivity index (χ0) is 18.5. The highest BCUT2D eigenvalue weighted by Gasteiger charge is 2.19. The molecule has 0 unspecified atom stereocenters. The molecule has 2 aromatic rings. The van der Waals surface area contributed by atoms with Crippen LogP contribution in [0.1, 0.15) is 25.2 Å². The Morgan fingerprint density at radius 3 is 2.77 bits per heavy atom. The normalized spacial score (nSPS) is 15.6. The van der Waals surface area contributed by atoms with Gasteiger partial charge in [-0.2, -0.15) is 0 Å². The fourth-order valence-corrected chi connectivity index (χ4v) is 2.85. The van der Waals surface area contributed by atoms with E-state index in [1.807, 2.05) is 38.3 Å². The first-order valence-electron chi connectivity index (χ1n) is 8.59. The summed E-state index contributed by atoms with van der Waals surface area (Å²) in [5.41, 5.74) is 4.28. The molecule has 6 nitrogen and oxygen atoms in total. The Morgan fingerprint density at radius 2 is 2.08 bits per heavy atom. The molecule has 3 rings (SSSR count). The number of aliphatic imine (C=N–C) groups is 1. The second-order valence-electron chi connectivity index (χ2n) is 6.08. The topological polar surface area (TPSA) is 63.5 Å². The Morgan fingerprint density at radius 1 is 1.31 bits per heavy atom. The first kappa shape index (κ1) is 17.9. The molecule has 0 radical (unpaired) electrons. The Bertz CT molecular complexity index is 894. The zero-order valence-electron chi connectivity index (χ0n) is 15.3. The van der Waals surface area contributed by atoms with Crippen LogP contribution in [0.25, 0.3) is 22.2 Å². The number of nitrogens with zero attached hydrogens (tertiary/aromatic N) is 5. The van der Waals surface area contributed by atoms with Crippen LogP contribution >= 0.6 is 0 Å². The van der Waals surface area contributed by atoms with Gasteiger partial charge in [0.2, 0.25) is 0 Å². The van der Waals surface area contributed by atoms with Gasteiger partial charge in [-0.25, -0.2) is 9.97 Å². The minimum absolute atomic E-state index is 0.611. The van der Waals surface area contributed by atoms with E-state index in [1.54, 1.807) is 6.20 Å². The van der Waals surface area contributed by atoms with E-state index in [4.69, 9.17) is 14.7 Å². The minimum Gasteiger partial charge on any atom is -0.378 e. The summed E-state index contributed by atoms with van der Waals surface area (Å²) in [5, 5.41) is 0. The smallest absolute Gasteiger partial charge is 0.161 e. The minimum atomic E-state index is 0.611. The molecule has 0 atom stereocenters. The lowest BCUT2D eigenvalue weighted by molar-refractivity contribution is 0.122. The molecule has 6 heteroatoms. The number of anilines is 1. The quantitative estimate of drug-likeness (QED) is 0.610. The molecule has 1 fully saturated rings. The van der Waals surface area contributed by atoms with E-state index >= 15 is 0 Å². The lowest BCUT2D eigenvalue weighted by Gasteiger charge is -2.28. The zero-order valence-corrected chi connectivity index (χ0v) is 15.3. The van der Waals surface area contributed by atoms with E-state index in [-0.39, 0.29) is 0 Å². The molecular weight excluding hydrogens is 326 g/mol. The fraction of sp³-hybridized carbons (Fsp3) is 0.300. The Balaban J connectivity index is 2.17. The number of aromatic nitrogens is 3. The first-order chi connectivity index (χ1) is 12.6. The second-order valence-corrected chi connectivity index (χ2v) is 6.08. The molecule has 134 valence electrons. The van der Waals surface area contributed by atoms with Crippen molar-refractivity contribution in [3.05, 3.63) is 48.6 Å². The number of ether oxygens (including phenoxy) is 1. The van der Waals surface area contributed by atoms with E-state index in [0.29, 0.717) is 19.0 Å². The summed E-state index contributed by atoms with van der Waals surface area (Å²) in [5.74, 6) is 1.44. The average molecular weight is 349 g/mol. The highest BCUT2D eigenvalue weighted by atomic mass is 16.5. The van der Waals surface area contributed by atoms with Gasteiger partial charge in [0.1, 0.15) is 5.52 Å².